The summed E-state index contributed by atoms with van der Waals surface area (Å²) < 4.78 is 0. The summed E-state index contributed by atoms with van der Waals surface area (Å²) in [6.45, 7) is 4.14. The molecule has 2 atom stereocenters. The second-order valence-corrected chi connectivity index (χ2v) is 8.71. The number of nitrogens with zero attached hydrogens (tertiary/aromatic N) is 1. The minimum atomic E-state index is 0.168. The van der Waals surface area contributed by atoms with Gasteiger partial charge in [0.25, 0.3) is 0 Å². The van der Waals surface area contributed by atoms with Crippen molar-refractivity contribution in [2.24, 2.45) is 29.6 Å². The van der Waals surface area contributed by atoms with Gasteiger partial charge in [0.2, 0.25) is 0 Å². The lowest BCUT2D eigenvalue weighted by Gasteiger charge is -2.57. The van der Waals surface area contributed by atoms with Crippen molar-refractivity contribution in [2.45, 2.75) is 44.1 Å². The van der Waals surface area contributed by atoms with E-state index in [0.717, 1.165) is 43.9 Å². The van der Waals surface area contributed by atoms with E-state index in [9.17, 15) is 4.79 Å². The molecule has 2 saturated heterocycles. The number of rotatable bonds is 1. The van der Waals surface area contributed by atoms with E-state index in [2.05, 4.69) is 15.5 Å². The summed E-state index contributed by atoms with van der Waals surface area (Å²) in [7, 11) is 0. The van der Waals surface area contributed by atoms with Crippen LogP contribution in [0.1, 0.15) is 38.5 Å². The van der Waals surface area contributed by atoms with Crippen LogP contribution in [-0.4, -0.2) is 42.6 Å². The number of amides is 2. The molecule has 6 rings (SSSR count). The van der Waals surface area contributed by atoms with Crippen LogP contribution in [0, 0.1) is 29.6 Å². The van der Waals surface area contributed by atoms with Gasteiger partial charge in [0.1, 0.15) is 0 Å². The van der Waals surface area contributed by atoms with Gasteiger partial charge < -0.3 is 15.5 Å². The highest BCUT2D eigenvalue weighted by atomic mass is 16.2. The zero-order valence-electron chi connectivity index (χ0n) is 12.8. The maximum absolute atomic E-state index is 12.8. The number of hydrogen-bond donors (Lipinski definition) is 2. The van der Waals surface area contributed by atoms with E-state index in [0.29, 0.717) is 11.8 Å². The van der Waals surface area contributed by atoms with Gasteiger partial charge in [0.15, 0.2) is 0 Å². The van der Waals surface area contributed by atoms with E-state index in [1.165, 1.54) is 38.5 Å². The SMILES string of the molecule is O=C(NC12CC3CC(CC(C3)C1)C2)N1CC2CNCC2C1. The highest BCUT2D eigenvalue weighted by molar-refractivity contribution is 5.75. The van der Waals surface area contributed by atoms with E-state index in [1.807, 2.05) is 0 Å². The van der Waals surface area contributed by atoms with Crippen LogP contribution in [0.25, 0.3) is 0 Å². The fraction of sp³-hybridized carbons (Fsp3) is 0.941. The molecule has 2 N–H and O–H groups in total. The molecule has 2 aliphatic heterocycles. The van der Waals surface area contributed by atoms with Crippen molar-refractivity contribution in [2.75, 3.05) is 26.2 Å². The van der Waals surface area contributed by atoms with Crippen LogP contribution in [0.3, 0.4) is 0 Å². The Morgan fingerprint density at radius 1 is 0.952 bits per heavy atom. The first-order chi connectivity index (χ1) is 10.2. The highest BCUT2D eigenvalue weighted by Gasteiger charge is 2.52. The number of fused-ring (bicyclic) bond motifs is 1. The molecular formula is C17H27N3O. The monoisotopic (exact) mass is 289 g/mol. The van der Waals surface area contributed by atoms with Crippen LogP contribution in [0.15, 0.2) is 0 Å². The van der Waals surface area contributed by atoms with E-state index in [-0.39, 0.29) is 11.6 Å². The maximum atomic E-state index is 12.8. The van der Waals surface area contributed by atoms with Crippen LogP contribution in [0.4, 0.5) is 4.79 Å². The zero-order valence-corrected chi connectivity index (χ0v) is 12.8. The average Bonchev–Trinajstić information content (AvgIpc) is 2.96. The van der Waals surface area contributed by atoms with Crippen LogP contribution in [0.5, 0.6) is 0 Å². The van der Waals surface area contributed by atoms with Gasteiger partial charge in [-0.15, -0.1) is 0 Å². The molecule has 4 heteroatoms. The fourth-order valence-corrected chi connectivity index (χ4v) is 6.59. The molecule has 116 valence electrons. The van der Waals surface area contributed by atoms with E-state index >= 15 is 0 Å². The minimum absolute atomic E-state index is 0.168. The zero-order chi connectivity index (χ0) is 14.0. The van der Waals surface area contributed by atoms with Crippen molar-refractivity contribution in [3.8, 4) is 0 Å². The Balaban J connectivity index is 1.28. The Morgan fingerprint density at radius 3 is 2.00 bits per heavy atom. The van der Waals surface area contributed by atoms with Crippen molar-refractivity contribution < 1.29 is 4.79 Å². The van der Waals surface area contributed by atoms with Crippen molar-refractivity contribution in [1.82, 2.24) is 15.5 Å². The molecule has 0 radical (unpaired) electrons. The summed E-state index contributed by atoms with van der Waals surface area (Å²) in [6, 6.07) is 0.242. The number of hydrogen-bond acceptors (Lipinski definition) is 2. The van der Waals surface area contributed by atoms with Gasteiger partial charge in [-0.05, 0) is 68.1 Å². The molecule has 4 nitrogen and oxygen atoms in total. The second kappa shape index (κ2) is 4.37. The highest BCUT2D eigenvalue weighted by Crippen LogP contribution is 2.55. The predicted octanol–water partition coefficient (Wildman–Crippen LogP) is 1.82. The first-order valence-electron chi connectivity index (χ1n) is 8.97. The molecule has 0 aromatic rings. The summed E-state index contributed by atoms with van der Waals surface area (Å²) >= 11 is 0. The molecule has 0 spiro atoms. The smallest absolute Gasteiger partial charge is 0.317 e. The number of likely N-dealkylation sites (tertiary alicyclic amines) is 1. The molecule has 21 heavy (non-hydrogen) atoms. The Bertz CT molecular complexity index is 416. The molecule has 6 fully saturated rings. The molecule has 4 bridgehead atoms. The van der Waals surface area contributed by atoms with Crippen molar-refractivity contribution in [3.05, 3.63) is 0 Å². The normalized spacial score (nSPS) is 50.5. The summed E-state index contributed by atoms with van der Waals surface area (Å²) in [5, 5.41) is 6.97. The van der Waals surface area contributed by atoms with Gasteiger partial charge in [0, 0.05) is 31.7 Å². The fourth-order valence-electron chi connectivity index (χ4n) is 6.59. The van der Waals surface area contributed by atoms with Crippen LogP contribution in [0.2, 0.25) is 0 Å². The molecular weight excluding hydrogens is 262 g/mol. The summed E-state index contributed by atoms with van der Waals surface area (Å²) in [6.07, 6.45) is 8.09. The third-order valence-corrected chi connectivity index (χ3v) is 7.09. The molecule has 2 unspecified atom stereocenters. The first-order valence-corrected chi connectivity index (χ1v) is 8.97. The lowest BCUT2D eigenvalue weighted by molar-refractivity contribution is -0.0154. The molecule has 4 aliphatic carbocycles. The molecule has 6 aliphatic rings. The number of carbonyl (C=O) groups is 1. The van der Waals surface area contributed by atoms with Gasteiger partial charge in [0.05, 0.1) is 0 Å². The molecule has 2 heterocycles. The van der Waals surface area contributed by atoms with Crippen LogP contribution < -0.4 is 10.6 Å². The summed E-state index contributed by atoms with van der Waals surface area (Å²) in [4.78, 5) is 14.9. The van der Waals surface area contributed by atoms with Gasteiger partial charge >= 0.3 is 6.03 Å². The van der Waals surface area contributed by atoms with Gasteiger partial charge in [-0.3, -0.25) is 0 Å². The second-order valence-electron chi connectivity index (χ2n) is 8.71. The van der Waals surface area contributed by atoms with E-state index in [4.69, 9.17) is 0 Å². The molecule has 0 aromatic carbocycles. The average molecular weight is 289 g/mol. The van der Waals surface area contributed by atoms with E-state index in [1.54, 1.807) is 0 Å². The van der Waals surface area contributed by atoms with Crippen LogP contribution in [-0.2, 0) is 0 Å². The Morgan fingerprint density at radius 2 is 1.48 bits per heavy atom. The molecule has 2 amide bonds. The number of carbonyl (C=O) groups excluding carboxylic acids is 1. The standard InChI is InChI=1S/C17H27N3O/c21-16(20-9-14-7-18-8-15(14)10-20)19-17-4-11-1-12(5-17)3-13(2-11)6-17/h11-15,18H,1-10H2,(H,19,21). The third kappa shape index (κ3) is 2.01. The van der Waals surface area contributed by atoms with E-state index < -0.39 is 0 Å². The summed E-state index contributed by atoms with van der Waals surface area (Å²) in [5.74, 6) is 4.11. The van der Waals surface area contributed by atoms with Crippen molar-refractivity contribution >= 4 is 6.03 Å². The van der Waals surface area contributed by atoms with Gasteiger partial charge in [-0.25, -0.2) is 4.79 Å². The van der Waals surface area contributed by atoms with Crippen LogP contribution >= 0.6 is 0 Å². The topological polar surface area (TPSA) is 44.4 Å². The Kier molecular flexibility index (Phi) is 2.65. The quantitative estimate of drug-likeness (QED) is 0.773. The van der Waals surface area contributed by atoms with Gasteiger partial charge in [-0.2, -0.15) is 0 Å². The largest absolute Gasteiger partial charge is 0.333 e. The minimum Gasteiger partial charge on any atom is -0.333 e. The lowest BCUT2D eigenvalue weighted by atomic mass is 9.53. The maximum Gasteiger partial charge on any atom is 0.317 e. The predicted molar refractivity (Wildman–Crippen MR) is 80.9 cm³/mol. The number of nitrogens with one attached hydrogen (secondary N) is 2. The Labute approximate surface area is 127 Å². The lowest BCUT2D eigenvalue weighted by Crippen LogP contribution is -2.61. The molecule has 4 saturated carbocycles. The molecule has 0 aromatic heterocycles. The van der Waals surface area contributed by atoms with Crippen molar-refractivity contribution in [1.29, 1.82) is 0 Å². The van der Waals surface area contributed by atoms with Gasteiger partial charge in [-0.1, -0.05) is 0 Å². The Hall–Kier alpha value is -0.770. The third-order valence-electron chi connectivity index (χ3n) is 7.09. The first kappa shape index (κ1) is 12.7. The number of urea groups is 1. The van der Waals surface area contributed by atoms with Crippen molar-refractivity contribution in [3.63, 3.8) is 0 Å². The summed E-state index contributed by atoms with van der Waals surface area (Å²) in [5.41, 5.74) is 0.168.